The maximum atomic E-state index is 11.5. The van der Waals surface area contributed by atoms with Crippen LogP contribution in [0.4, 0.5) is 10.5 Å². The third-order valence-corrected chi connectivity index (χ3v) is 3.26. The first-order valence-corrected chi connectivity index (χ1v) is 6.22. The summed E-state index contributed by atoms with van der Waals surface area (Å²) in [6.45, 7) is 0.295. The van der Waals surface area contributed by atoms with Gasteiger partial charge in [0.2, 0.25) is 11.8 Å². The fourth-order valence-electron chi connectivity index (χ4n) is 2.40. The van der Waals surface area contributed by atoms with Gasteiger partial charge in [-0.15, -0.1) is 0 Å². The molecular formula is C13H16N4O3. The molecule has 7 heteroatoms. The molecule has 0 bridgehead atoms. The van der Waals surface area contributed by atoms with E-state index in [9.17, 15) is 14.4 Å². The van der Waals surface area contributed by atoms with E-state index in [1.165, 1.54) is 0 Å². The first kappa shape index (κ1) is 13.9. The predicted octanol–water partition coefficient (Wildman–Crippen LogP) is -0.512. The Morgan fingerprint density at radius 3 is 2.60 bits per heavy atom. The van der Waals surface area contributed by atoms with Gasteiger partial charge in [0.25, 0.3) is 0 Å². The number of urea groups is 1. The molecule has 1 atom stereocenters. The average Bonchev–Trinajstić information content (AvgIpc) is 2.74. The summed E-state index contributed by atoms with van der Waals surface area (Å²) in [5.41, 5.74) is 12.2. The van der Waals surface area contributed by atoms with Crippen LogP contribution in [-0.4, -0.2) is 30.4 Å². The zero-order valence-corrected chi connectivity index (χ0v) is 10.8. The van der Waals surface area contributed by atoms with Crippen LogP contribution < -0.4 is 21.7 Å². The number of hydrogen-bond donors (Lipinski definition) is 3. The Morgan fingerprint density at radius 2 is 1.95 bits per heavy atom. The number of para-hydroxylation sites is 1. The molecule has 1 aliphatic rings. The van der Waals surface area contributed by atoms with Gasteiger partial charge in [-0.2, -0.15) is 0 Å². The smallest absolute Gasteiger partial charge is 0.318 e. The van der Waals surface area contributed by atoms with Crippen LogP contribution in [0.2, 0.25) is 0 Å². The SMILES string of the molecule is NC(=O)NC(=O)CCN1c2ccccc2C[C@H]1C(N)=O. The van der Waals surface area contributed by atoms with Crippen LogP contribution in [0.5, 0.6) is 0 Å². The van der Waals surface area contributed by atoms with Crippen LogP contribution in [0.15, 0.2) is 24.3 Å². The molecular weight excluding hydrogens is 260 g/mol. The molecule has 0 spiro atoms. The third kappa shape index (κ3) is 2.87. The van der Waals surface area contributed by atoms with Crippen LogP contribution in [0.3, 0.4) is 0 Å². The molecule has 0 aliphatic carbocycles. The van der Waals surface area contributed by atoms with E-state index < -0.39 is 23.9 Å². The molecule has 0 unspecified atom stereocenters. The van der Waals surface area contributed by atoms with Crippen molar-refractivity contribution >= 4 is 23.5 Å². The molecule has 0 radical (unpaired) electrons. The lowest BCUT2D eigenvalue weighted by molar-refractivity contribution is -0.121. The minimum atomic E-state index is -0.886. The van der Waals surface area contributed by atoms with Crippen molar-refractivity contribution in [1.29, 1.82) is 0 Å². The highest BCUT2D eigenvalue weighted by Crippen LogP contribution is 2.31. The normalized spacial score (nSPS) is 16.6. The monoisotopic (exact) mass is 276 g/mol. The van der Waals surface area contributed by atoms with Crippen molar-refractivity contribution < 1.29 is 14.4 Å². The van der Waals surface area contributed by atoms with Crippen molar-refractivity contribution in [1.82, 2.24) is 5.32 Å². The summed E-state index contributed by atoms with van der Waals surface area (Å²) in [5.74, 6) is -0.915. The van der Waals surface area contributed by atoms with E-state index in [2.05, 4.69) is 0 Å². The Bertz CT molecular complexity index is 558. The number of nitrogens with two attached hydrogens (primary N) is 2. The number of rotatable bonds is 4. The minimum Gasteiger partial charge on any atom is -0.368 e. The van der Waals surface area contributed by atoms with Crippen LogP contribution in [-0.2, 0) is 16.0 Å². The summed E-state index contributed by atoms with van der Waals surface area (Å²) < 4.78 is 0. The second-order valence-corrected chi connectivity index (χ2v) is 4.61. The Kier molecular flexibility index (Phi) is 3.88. The van der Waals surface area contributed by atoms with Crippen molar-refractivity contribution in [3.63, 3.8) is 0 Å². The number of benzene rings is 1. The summed E-state index contributed by atoms with van der Waals surface area (Å²) in [6.07, 6.45) is 0.587. The van der Waals surface area contributed by atoms with Gasteiger partial charge in [0.15, 0.2) is 0 Å². The molecule has 1 heterocycles. The average molecular weight is 276 g/mol. The molecule has 20 heavy (non-hydrogen) atoms. The molecule has 1 aromatic rings. The maximum Gasteiger partial charge on any atom is 0.318 e. The van der Waals surface area contributed by atoms with Crippen LogP contribution in [0, 0.1) is 0 Å². The van der Waals surface area contributed by atoms with Gasteiger partial charge >= 0.3 is 6.03 Å². The number of carbonyl (C=O) groups is 3. The fraction of sp³-hybridized carbons (Fsp3) is 0.308. The first-order valence-electron chi connectivity index (χ1n) is 6.22. The summed E-state index contributed by atoms with van der Waals surface area (Å²) in [6, 6.07) is 6.20. The molecule has 0 fully saturated rings. The van der Waals surface area contributed by atoms with E-state index in [0.717, 1.165) is 11.3 Å². The predicted molar refractivity (Wildman–Crippen MR) is 72.8 cm³/mol. The molecule has 1 aliphatic heterocycles. The highest BCUT2D eigenvalue weighted by atomic mass is 16.2. The summed E-state index contributed by atoms with van der Waals surface area (Å²) in [4.78, 5) is 35.3. The molecule has 1 aromatic carbocycles. The first-order chi connectivity index (χ1) is 9.49. The van der Waals surface area contributed by atoms with Crippen LogP contribution in [0.25, 0.3) is 0 Å². The lowest BCUT2D eigenvalue weighted by Gasteiger charge is -2.25. The highest BCUT2D eigenvalue weighted by Gasteiger charge is 2.32. The number of anilines is 1. The fourth-order valence-corrected chi connectivity index (χ4v) is 2.40. The number of fused-ring (bicyclic) bond motifs is 1. The lowest BCUT2D eigenvalue weighted by atomic mass is 10.1. The Labute approximate surface area is 115 Å². The lowest BCUT2D eigenvalue weighted by Crippen LogP contribution is -2.45. The van der Waals surface area contributed by atoms with Crippen LogP contribution >= 0.6 is 0 Å². The quantitative estimate of drug-likeness (QED) is 0.686. The van der Waals surface area contributed by atoms with E-state index in [1.54, 1.807) is 4.90 Å². The van der Waals surface area contributed by atoms with Gasteiger partial charge in [-0.05, 0) is 11.6 Å². The van der Waals surface area contributed by atoms with E-state index in [1.807, 2.05) is 29.6 Å². The number of hydrogen-bond acceptors (Lipinski definition) is 4. The van der Waals surface area contributed by atoms with Gasteiger partial charge in [0.1, 0.15) is 6.04 Å². The number of imide groups is 1. The largest absolute Gasteiger partial charge is 0.368 e. The molecule has 106 valence electrons. The van der Waals surface area contributed by atoms with Gasteiger partial charge in [-0.25, -0.2) is 4.79 Å². The van der Waals surface area contributed by atoms with E-state index in [0.29, 0.717) is 13.0 Å². The van der Waals surface area contributed by atoms with Crippen molar-refractivity contribution in [2.24, 2.45) is 11.5 Å². The number of primary amides is 2. The summed E-state index contributed by atoms with van der Waals surface area (Å²) in [5, 5.41) is 1.99. The molecule has 0 saturated carbocycles. The van der Waals surface area contributed by atoms with E-state index >= 15 is 0 Å². The highest BCUT2D eigenvalue weighted by molar-refractivity contribution is 5.94. The molecule has 7 nitrogen and oxygen atoms in total. The molecule has 4 amide bonds. The van der Waals surface area contributed by atoms with Gasteiger partial charge < -0.3 is 16.4 Å². The Hall–Kier alpha value is -2.57. The zero-order chi connectivity index (χ0) is 14.7. The molecule has 0 aromatic heterocycles. The van der Waals surface area contributed by atoms with Gasteiger partial charge in [0, 0.05) is 25.1 Å². The summed E-state index contributed by atoms with van der Waals surface area (Å²) >= 11 is 0. The van der Waals surface area contributed by atoms with E-state index in [-0.39, 0.29) is 6.42 Å². The van der Waals surface area contributed by atoms with Crippen LogP contribution in [0.1, 0.15) is 12.0 Å². The summed E-state index contributed by atoms with van der Waals surface area (Å²) in [7, 11) is 0. The van der Waals surface area contributed by atoms with E-state index in [4.69, 9.17) is 11.5 Å². The minimum absolute atomic E-state index is 0.0566. The third-order valence-electron chi connectivity index (χ3n) is 3.26. The molecule has 2 rings (SSSR count). The van der Waals surface area contributed by atoms with Gasteiger partial charge in [-0.1, -0.05) is 18.2 Å². The van der Waals surface area contributed by atoms with Gasteiger partial charge in [-0.3, -0.25) is 14.9 Å². The second-order valence-electron chi connectivity index (χ2n) is 4.61. The number of amides is 4. The Morgan fingerprint density at radius 1 is 1.25 bits per heavy atom. The Balaban J connectivity index is 2.09. The number of nitrogens with one attached hydrogen (secondary N) is 1. The van der Waals surface area contributed by atoms with Gasteiger partial charge in [0.05, 0.1) is 0 Å². The topological polar surface area (TPSA) is 119 Å². The second kappa shape index (κ2) is 5.60. The molecule has 0 saturated heterocycles. The maximum absolute atomic E-state index is 11.5. The van der Waals surface area contributed by atoms with Crippen molar-refractivity contribution in [3.8, 4) is 0 Å². The zero-order valence-electron chi connectivity index (χ0n) is 10.8. The van der Waals surface area contributed by atoms with Crippen molar-refractivity contribution in [2.45, 2.75) is 18.9 Å². The number of carbonyl (C=O) groups excluding carboxylic acids is 3. The standard InChI is InChI=1S/C13H16N4O3/c14-12(19)10-7-8-3-1-2-4-9(8)17(10)6-5-11(18)16-13(15)20/h1-4,10H,5-7H2,(H2,14,19)(H3,15,16,18,20)/t10-/m0/s1. The number of nitrogens with zero attached hydrogens (tertiary/aromatic N) is 1. The van der Waals surface area contributed by atoms with Crippen molar-refractivity contribution in [2.75, 3.05) is 11.4 Å². The van der Waals surface area contributed by atoms with Crippen molar-refractivity contribution in [3.05, 3.63) is 29.8 Å². The molecule has 5 N–H and O–H groups in total.